The summed E-state index contributed by atoms with van der Waals surface area (Å²) in [7, 11) is -3.35. The van der Waals surface area contributed by atoms with Crippen LogP contribution in [0.1, 0.15) is 18.4 Å². The number of ether oxygens (including phenoxy) is 1. The van der Waals surface area contributed by atoms with Gasteiger partial charge in [0, 0.05) is 0 Å². The van der Waals surface area contributed by atoms with E-state index in [1.165, 1.54) is 0 Å². The van der Waals surface area contributed by atoms with Gasteiger partial charge in [-0.2, -0.15) is 8.42 Å². The monoisotopic (exact) mass is 351 g/mol. The molecule has 7 nitrogen and oxygen atoms in total. The van der Waals surface area contributed by atoms with E-state index in [2.05, 4.69) is 9.18 Å². The maximum absolute atomic E-state index is 10.7. The van der Waals surface area contributed by atoms with Gasteiger partial charge < -0.3 is 16.2 Å². The van der Waals surface area contributed by atoms with E-state index >= 15 is 0 Å². The maximum Gasteiger partial charge on any atom is 0.264 e. The molecular formula is C13H22ClN3O4S. The fourth-order valence-electron chi connectivity index (χ4n) is 1.48. The standard InChI is InChI=1S/C13H21N3O4S.ClH/c1-21(17,18)20-9-3-2-8-19-12-6-4-11(5-7-12)10-16-13(14)15;/h4-7H,2-3,8-10H2,1H3,(H4,14,15,16);1H. The van der Waals surface area contributed by atoms with E-state index in [1.807, 2.05) is 24.3 Å². The molecule has 4 N–H and O–H groups in total. The summed E-state index contributed by atoms with van der Waals surface area (Å²) in [6, 6.07) is 7.44. The van der Waals surface area contributed by atoms with Crippen molar-refractivity contribution < 1.29 is 17.3 Å². The zero-order valence-corrected chi connectivity index (χ0v) is 14.0. The second kappa shape index (κ2) is 10.3. The number of nitrogens with two attached hydrogens (primary N) is 2. The molecule has 0 heterocycles. The number of rotatable bonds is 9. The minimum absolute atomic E-state index is 0. The predicted molar refractivity (Wildman–Crippen MR) is 88.7 cm³/mol. The third kappa shape index (κ3) is 10.3. The molecule has 0 atom stereocenters. The lowest BCUT2D eigenvalue weighted by Gasteiger charge is -2.07. The minimum Gasteiger partial charge on any atom is -0.494 e. The molecule has 126 valence electrons. The van der Waals surface area contributed by atoms with E-state index in [4.69, 9.17) is 16.2 Å². The zero-order valence-electron chi connectivity index (χ0n) is 12.4. The normalized spacial score (nSPS) is 10.6. The summed E-state index contributed by atoms with van der Waals surface area (Å²) in [4.78, 5) is 3.91. The van der Waals surface area contributed by atoms with Crippen LogP contribution in [0.25, 0.3) is 0 Å². The number of benzene rings is 1. The largest absolute Gasteiger partial charge is 0.494 e. The predicted octanol–water partition coefficient (Wildman–Crippen LogP) is 1.02. The van der Waals surface area contributed by atoms with Crippen LogP contribution in [-0.2, 0) is 20.8 Å². The second-order valence-electron chi connectivity index (χ2n) is 4.47. The first-order valence-electron chi connectivity index (χ1n) is 6.48. The first-order chi connectivity index (χ1) is 9.87. The number of guanidine groups is 1. The number of hydrogen-bond acceptors (Lipinski definition) is 5. The molecule has 0 saturated carbocycles. The fraction of sp³-hybridized carbons (Fsp3) is 0.462. The lowest BCUT2D eigenvalue weighted by molar-refractivity contribution is 0.270. The topological polar surface area (TPSA) is 117 Å². The van der Waals surface area contributed by atoms with Gasteiger partial charge in [-0.3, -0.25) is 4.18 Å². The van der Waals surface area contributed by atoms with Crippen molar-refractivity contribution in [3.8, 4) is 5.75 Å². The lowest BCUT2D eigenvalue weighted by atomic mass is 10.2. The Kier molecular flexibility index (Phi) is 9.55. The van der Waals surface area contributed by atoms with Crippen LogP contribution in [0.2, 0.25) is 0 Å². The number of unbranched alkanes of at least 4 members (excludes halogenated alkanes) is 1. The Labute approximate surface area is 137 Å². The Hall–Kier alpha value is -1.51. The Bertz CT molecular complexity index is 557. The molecule has 0 amide bonds. The molecule has 0 bridgehead atoms. The lowest BCUT2D eigenvalue weighted by Crippen LogP contribution is -2.22. The molecule has 0 unspecified atom stereocenters. The fourth-order valence-corrected chi connectivity index (χ4v) is 1.90. The van der Waals surface area contributed by atoms with Gasteiger partial charge in [0.05, 0.1) is 26.0 Å². The molecule has 0 aliphatic rings. The van der Waals surface area contributed by atoms with Crippen LogP contribution in [0.15, 0.2) is 29.3 Å². The molecule has 9 heteroatoms. The summed E-state index contributed by atoms with van der Waals surface area (Å²) < 4.78 is 31.6. The van der Waals surface area contributed by atoms with Crippen LogP contribution >= 0.6 is 12.4 Å². The third-order valence-electron chi connectivity index (χ3n) is 2.47. The molecular weight excluding hydrogens is 330 g/mol. The highest BCUT2D eigenvalue weighted by molar-refractivity contribution is 7.85. The van der Waals surface area contributed by atoms with Crippen molar-refractivity contribution in [2.24, 2.45) is 16.5 Å². The Balaban J connectivity index is 0.00000441. The molecule has 0 radical (unpaired) electrons. The molecule has 1 aromatic rings. The molecule has 1 aromatic carbocycles. The first-order valence-corrected chi connectivity index (χ1v) is 8.30. The summed E-state index contributed by atoms with van der Waals surface area (Å²) in [6.45, 7) is 1.12. The van der Waals surface area contributed by atoms with Gasteiger partial charge in [-0.15, -0.1) is 12.4 Å². The molecule has 0 saturated heterocycles. The highest BCUT2D eigenvalue weighted by Gasteiger charge is 2.01. The van der Waals surface area contributed by atoms with E-state index < -0.39 is 10.1 Å². The van der Waals surface area contributed by atoms with E-state index in [-0.39, 0.29) is 25.0 Å². The van der Waals surface area contributed by atoms with Crippen molar-refractivity contribution in [2.75, 3.05) is 19.5 Å². The van der Waals surface area contributed by atoms with Gasteiger partial charge in [0.1, 0.15) is 5.75 Å². The van der Waals surface area contributed by atoms with Crippen LogP contribution in [-0.4, -0.2) is 33.8 Å². The first kappa shape index (κ1) is 20.5. The Morgan fingerprint density at radius 2 is 1.73 bits per heavy atom. The summed E-state index contributed by atoms with van der Waals surface area (Å²) in [5.41, 5.74) is 11.5. The Morgan fingerprint density at radius 1 is 1.14 bits per heavy atom. The van der Waals surface area contributed by atoms with E-state index in [0.717, 1.165) is 17.6 Å². The van der Waals surface area contributed by atoms with Crippen molar-refractivity contribution in [2.45, 2.75) is 19.4 Å². The smallest absolute Gasteiger partial charge is 0.264 e. The average molecular weight is 352 g/mol. The third-order valence-corrected chi connectivity index (χ3v) is 3.07. The van der Waals surface area contributed by atoms with Crippen molar-refractivity contribution >= 4 is 28.5 Å². The highest BCUT2D eigenvalue weighted by Crippen LogP contribution is 2.13. The van der Waals surface area contributed by atoms with Crippen LogP contribution in [0, 0.1) is 0 Å². The van der Waals surface area contributed by atoms with Gasteiger partial charge >= 0.3 is 0 Å². The van der Waals surface area contributed by atoms with Gasteiger partial charge in [0.15, 0.2) is 5.96 Å². The second-order valence-corrected chi connectivity index (χ2v) is 6.11. The van der Waals surface area contributed by atoms with Crippen molar-refractivity contribution in [1.82, 2.24) is 0 Å². The SMILES string of the molecule is CS(=O)(=O)OCCCCOc1ccc(CN=C(N)N)cc1.Cl. The van der Waals surface area contributed by atoms with Crippen LogP contribution < -0.4 is 16.2 Å². The molecule has 0 spiro atoms. The maximum atomic E-state index is 10.7. The molecule has 0 fully saturated rings. The van der Waals surface area contributed by atoms with Crippen molar-refractivity contribution in [3.05, 3.63) is 29.8 Å². The number of halogens is 1. The summed E-state index contributed by atoms with van der Waals surface area (Å²) in [6.07, 6.45) is 2.37. The van der Waals surface area contributed by atoms with Gasteiger partial charge in [0.25, 0.3) is 10.1 Å². The van der Waals surface area contributed by atoms with E-state index in [0.29, 0.717) is 26.0 Å². The number of nitrogens with zero attached hydrogens (tertiary/aromatic N) is 1. The molecule has 22 heavy (non-hydrogen) atoms. The molecule has 1 rings (SSSR count). The van der Waals surface area contributed by atoms with Crippen LogP contribution in [0.3, 0.4) is 0 Å². The van der Waals surface area contributed by atoms with Gasteiger partial charge in [-0.25, -0.2) is 4.99 Å². The van der Waals surface area contributed by atoms with E-state index in [9.17, 15) is 8.42 Å². The minimum atomic E-state index is -3.35. The summed E-state index contributed by atoms with van der Waals surface area (Å²) >= 11 is 0. The summed E-state index contributed by atoms with van der Waals surface area (Å²) in [5.74, 6) is 0.805. The van der Waals surface area contributed by atoms with Crippen molar-refractivity contribution in [1.29, 1.82) is 0 Å². The zero-order chi connectivity index (χ0) is 15.7. The number of hydrogen-bond donors (Lipinski definition) is 2. The van der Waals surface area contributed by atoms with Crippen LogP contribution in [0.4, 0.5) is 0 Å². The van der Waals surface area contributed by atoms with Crippen LogP contribution in [0.5, 0.6) is 5.75 Å². The van der Waals surface area contributed by atoms with Gasteiger partial charge in [-0.1, -0.05) is 12.1 Å². The summed E-state index contributed by atoms with van der Waals surface area (Å²) in [5, 5.41) is 0. The molecule has 0 aliphatic heterocycles. The molecule has 0 aliphatic carbocycles. The molecule has 0 aromatic heterocycles. The quantitative estimate of drug-likeness (QED) is 0.297. The van der Waals surface area contributed by atoms with E-state index in [1.54, 1.807) is 0 Å². The van der Waals surface area contributed by atoms with Gasteiger partial charge in [0.2, 0.25) is 0 Å². The highest BCUT2D eigenvalue weighted by atomic mass is 35.5. The average Bonchev–Trinajstić information content (AvgIpc) is 2.40. The van der Waals surface area contributed by atoms with Crippen molar-refractivity contribution in [3.63, 3.8) is 0 Å². The Morgan fingerprint density at radius 3 is 2.27 bits per heavy atom. The number of aliphatic imine (C=N–C) groups is 1. The van der Waals surface area contributed by atoms with Gasteiger partial charge in [-0.05, 0) is 30.5 Å².